The number of hydrogen-bond donors (Lipinski definition) is 1. The summed E-state index contributed by atoms with van der Waals surface area (Å²) in [7, 11) is 0. The molecule has 3 aromatic rings. The predicted octanol–water partition coefficient (Wildman–Crippen LogP) is 4.32. The van der Waals surface area contributed by atoms with Gasteiger partial charge in [-0.3, -0.25) is 0 Å². The molecule has 0 saturated carbocycles. The number of hydrazone groups is 1. The average Bonchev–Trinajstić information content (AvgIpc) is 3.52. The van der Waals surface area contributed by atoms with Gasteiger partial charge in [0, 0.05) is 36.8 Å². The summed E-state index contributed by atoms with van der Waals surface area (Å²) in [4.78, 5) is 18.1. The number of aromatic nitrogens is 3. The molecule has 4 heterocycles. The third-order valence-corrected chi connectivity index (χ3v) is 6.02. The zero-order valence-electron chi connectivity index (χ0n) is 17.9. The summed E-state index contributed by atoms with van der Waals surface area (Å²) < 4.78 is 11.3. The van der Waals surface area contributed by atoms with E-state index < -0.39 is 0 Å². The largest absolute Gasteiger partial charge is 0.455 e. The summed E-state index contributed by atoms with van der Waals surface area (Å²) in [5.41, 5.74) is 3.68. The minimum absolute atomic E-state index is 0.386. The first kappa shape index (κ1) is 21.9. The van der Waals surface area contributed by atoms with Crippen LogP contribution in [0.2, 0.25) is 10.0 Å². The van der Waals surface area contributed by atoms with Crippen LogP contribution in [0, 0.1) is 0 Å². The maximum Gasteiger partial charge on any atom is 0.250 e. The van der Waals surface area contributed by atoms with E-state index in [9.17, 15) is 0 Å². The summed E-state index contributed by atoms with van der Waals surface area (Å²) >= 11 is 12.3. The van der Waals surface area contributed by atoms with Gasteiger partial charge in [0.15, 0.2) is 0 Å². The molecule has 0 aliphatic carbocycles. The van der Waals surface area contributed by atoms with Gasteiger partial charge in [-0.25, -0.2) is 5.43 Å². The van der Waals surface area contributed by atoms with Gasteiger partial charge in [0.1, 0.15) is 11.5 Å². The molecule has 5 rings (SSSR count). The molecule has 0 bridgehead atoms. The molecular formula is C22H23Cl2N7O2. The van der Waals surface area contributed by atoms with Crippen LogP contribution in [-0.4, -0.2) is 60.6 Å². The van der Waals surface area contributed by atoms with E-state index in [0.717, 1.165) is 44.6 Å². The smallest absolute Gasteiger partial charge is 0.250 e. The molecule has 0 unspecified atom stereocenters. The molecule has 2 aliphatic rings. The van der Waals surface area contributed by atoms with E-state index in [1.165, 1.54) is 0 Å². The molecule has 2 saturated heterocycles. The van der Waals surface area contributed by atoms with Gasteiger partial charge in [-0.1, -0.05) is 23.2 Å². The highest BCUT2D eigenvalue weighted by Crippen LogP contribution is 2.31. The number of halogens is 2. The van der Waals surface area contributed by atoms with Crippen molar-refractivity contribution in [1.82, 2.24) is 15.0 Å². The monoisotopic (exact) mass is 487 g/mol. The number of rotatable bonds is 6. The van der Waals surface area contributed by atoms with E-state index in [-0.39, 0.29) is 0 Å². The van der Waals surface area contributed by atoms with Crippen molar-refractivity contribution in [3.63, 3.8) is 0 Å². The Bertz CT molecular complexity index is 1140. The second-order valence-electron chi connectivity index (χ2n) is 7.75. The van der Waals surface area contributed by atoms with Gasteiger partial charge >= 0.3 is 0 Å². The maximum atomic E-state index is 6.28. The van der Waals surface area contributed by atoms with Gasteiger partial charge in [-0.15, -0.1) is 0 Å². The maximum absolute atomic E-state index is 6.28. The first-order valence-electron chi connectivity index (χ1n) is 10.8. The van der Waals surface area contributed by atoms with E-state index >= 15 is 0 Å². The Kier molecular flexibility index (Phi) is 6.61. The lowest BCUT2D eigenvalue weighted by atomic mass is 10.2. The van der Waals surface area contributed by atoms with Gasteiger partial charge < -0.3 is 19.0 Å². The van der Waals surface area contributed by atoms with Crippen LogP contribution in [0.1, 0.15) is 18.6 Å². The fourth-order valence-corrected chi connectivity index (χ4v) is 4.28. The fourth-order valence-electron chi connectivity index (χ4n) is 3.78. The van der Waals surface area contributed by atoms with Crippen LogP contribution in [0.5, 0.6) is 0 Å². The van der Waals surface area contributed by atoms with Crippen molar-refractivity contribution in [3.05, 3.63) is 46.1 Å². The Morgan fingerprint density at radius 3 is 2.36 bits per heavy atom. The van der Waals surface area contributed by atoms with Gasteiger partial charge in [-0.05, 0) is 43.2 Å². The summed E-state index contributed by atoms with van der Waals surface area (Å²) in [6.07, 6.45) is 3.84. The van der Waals surface area contributed by atoms with Gasteiger partial charge in [0.2, 0.25) is 17.8 Å². The van der Waals surface area contributed by atoms with E-state index in [1.807, 2.05) is 18.2 Å². The lowest BCUT2D eigenvalue weighted by Gasteiger charge is -2.27. The number of anilines is 3. The molecule has 2 aromatic heterocycles. The SMILES string of the molecule is Clc1ccc(-c2ccc(C=NNc3nc(N4CCCC4)nc(N4CCOCC4)n3)o2)c(Cl)c1. The zero-order chi connectivity index (χ0) is 22.6. The van der Waals surface area contributed by atoms with Crippen LogP contribution < -0.4 is 15.2 Å². The molecule has 172 valence electrons. The van der Waals surface area contributed by atoms with Crippen LogP contribution in [0.25, 0.3) is 11.3 Å². The lowest BCUT2D eigenvalue weighted by Crippen LogP contribution is -2.38. The highest BCUT2D eigenvalue weighted by Gasteiger charge is 2.21. The normalized spacial score (nSPS) is 16.7. The Morgan fingerprint density at radius 1 is 0.909 bits per heavy atom. The zero-order valence-corrected chi connectivity index (χ0v) is 19.4. The summed E-state index contributed by atoms with van der Waals surface area (Å²) in [5, 5.41) is 5.37. The van der Waals surface area contributed by atoms with Gasteiger partial charge in [-0.2, -0.15) is 20.1 Å². The predicted molar refractivity (Wildman–Crippen MR) is 130 cm³/mol. The molecule has 9 nitrogen and oxygen atoms in total. The Labute approximate surface area is 201 Å². The van der Waals surface area contributed by atoms with Crippen molar-refractivity contribution >= 4 is 47.3 Å². The number of morpholine rings is 1. The van der Waals surface area contributed by atoms with Crippen molar-refractivity contribution in [1.29, 1.82) is 0 Å². The van der Waals surface area contributed by atoms with E-state index in [1.54, 1.807) is 18.3 Å². The van der Waals surface area contributed by atoms with Crippen LogP contribution >= 0.6 is 23.2 Å². The molecule has 0 radical (unpaired) electrons. The molecule has 11 heteroatoms. The summed E-state index contributed by atoms with van der Waals surface area (Å²) in [6, 6.07) is 8.92. The minimum atomic E-state index is 0.386. The van der Waals surface area contributed by atoms with Crippen molar-refractivity contribution in [2.24, 2.45) is 5.10 Å². The number of nitrogens with one attached hydrogen (secondary N) is 1. The van der Waals surface area contributed by atoms with E-state index in [2.05, 4.69) is 30.3 Å². The van der Waals surface area contributed by atoms with Gasteiger partial charge in [0.05, 0.1) is 24.5 Å². The second-order valence-corrected chi connectivity index (χ2v) is 8.59. The Morgan fingerprint density at radius 2 is 1.64 bits per heavy atom. The summed E-state index contributed by atoms with van der Waals surface area (Å²) in [5.74, 6) is 2.87. The van der Waals surface area contributed by atoms with Crippen molar-refractivity contribution in [2.45, 2.75) is 12.8 Å². The van der Waals surface area contributed by atoms with Crippen molar-refractivity contribution in [3.8, 4) is 11.3 Å². The average molecular weight is 488 g/mol. The third-order valence-electron chi connectivity index (χ3n) is 5.47. The number of ether oxygens (including phenoxy) is 1. The molecule has 1 aromatic carbocycles. The fraction of sp³-hybridized carbons (Fsp3) is 0.364. The topological polar surface area (TPSA) is 91.9 Å². The highest BCUT2D eigenvalue weighted by atomic mass is 35.5. The molecule has 0 spiro atoms. The van der Waals surface area contributed by atoms with Gasteiger partial charge in [0.25, 0.3) is 0 Å². The Balaban J connectivity index is 1.33. The molecule has 2 aliphatic heterocycles. The lowest BCUT2D eigenvalue weighted by molar-refractivity contribution is 0.122. The standard InChI is InChI=1S/C22H23Cl2N7O2/c23-15-3-5-17(18(24)13-15)19-6-4-16(33-19)14-25-29-20-26-21(30-7-1-2-8-30)28-22(27-20)31-9-11-32-12-10-31/h3-6,13-14H,1-2,7-12H2,(H,26,27,28,29). The molecule has 1 N–H and O–H groups in total. The van der Waals surface area contributed by atoms with Crippen molar-refractivity contribution in [2.75, 3.05) is 54.6 Å². The van der Waals surface area contributed by atoms with Crippen LogP contribution in [-0.2, 0) is 4.74 Å². The van der Waals surface area contributed by atoms with Crippen LogP contribution in [0.15, 0.2) is 39.9 Å². The summed E-state index contributed by atoms with van der Waals surface area (Å²) in [6.45, 7) is 4.69. The van der Waals surface area contributed by atoms with E-state index in [4.69, 9.17) is 37.3 Å². The highest BCUT2D eigenvalue weighted by molar-refractivity contribution is 6.36. The molecule has 0 amide bonds. The number of nitrogens with zero attached hydrogens (tertiary/aromatic N) is 6. The molecule has 2 fully saturated rings. The molecule has 0 atom stereocenters. The number of hydrogen-bond acceptors (Lipinski definition) is 9. The molecular weight excluding hydrogens is 465 g/mol. The third kappa shape index (κ3) is 5.21. The second kappa shape index (κ2) is 9.94. The first-order chi connectivity index (χ1) is 16.2. The number of benzene rings is 1. The van der Waals surface area contributed by atoms with Crippen LogP contribution in [0.4, 0.5) is 17.8 Å². The Hall–Kier alpha value is -2.88. The quantitative estimate of drug-likeness (QED) is 0.405. The molecule has 33 heavy (non-hydrogen) atoms. The van der Waals surface area contributed by atoms with E-state index in [0.29, 0.717) is 52.6 Å². The van der Waals surface area contributed by atoms with Crippen LogP contribution in [0.3, 0.4) is 0 Å². The first-order valence-corrected chi connectivity index (χ1v) is 11.6. The number of furan rings is 1. The minimum Gasteiger partial charge on any atom is -0.455 e. The van der Waals surface area contributed by atoms with Crippen molar-refractivity contribution < 1.29 is 9.15 Å².